The lowest BCUT2D eigenvalue weighted by atomic mass is 9.87. The van der Waals surface area contributed by atoms with Crippen LogP contribution in [0.5, 0.6) is 0 Å². The molecule has 0 spiro atoms. The summed E-state index contributed by atoms with van der Waals surface area (Å²) in [7, 11) is 0. The van der Waals surface area contributed by atoms with Crippen molar-refractivity contribution in [2.75, 3.05) is 6.61 Å². The molecule has 0 amide bonds. The number of rotatable bonds is 10. The van der Waals surface area contributed by atoms with Crippen molar-refractivity contribution in [3.05, 3.63) is 35.9 Å². The van der Waals surface area contributed by atoms with Crippen LogP contribution in [0.1, 0.15) is 64.2 Å². The molecule has 25 heavy (non-hydrogen) atoms. The molecule has 0 aromatic heterocycles. The standard InChI is InChI=1S/C21H32O4/c1-6-20(22)24-14-18(16(4)5)19(13-12-15(2)3)25-21(23)17-10-8-7-9-11-17/h7-11,15-16,18-19H,6,12-14H2,1-5H3. The highest BCUT2D eigenvalue weighted by Crippen LogP contribution is 2.25. The monoisotopic (exact) mass is 348 g/mol. The number of hydrogen-bond donors (Lipinski definition) is 0. The molecule has 0 aliphatic rings. The molecule has 0 saturated heterocycles. The highest BCUT2D eigenvalue weighted by atomic mass is 16.6. The first kappa shape index (κ1) is 21.2. The van der Waals surface area contributed by atoms with Gasteiger partial charge in [0.1, 0.15) is 6.10 Å². The van der Waals surface area contributed by atoms with Gasteiger partial charge in [0.05, 0.1) is 12.2 Å². The van der Waals surface area contributed by atoms with Crippen LogP contribution in [-0.2, 0) is 14.3 Å². The van der Waals surface area contributed by atoms with Gasteiger partial charge in [-0.05, 0) is 36.8 Å². The zero-order valence-corrected chi connectivity index (χ0v) is 16.2. The molecule has 0 fully saturated rings. The number of esters is 2. The van der Waals surface area contributed by atoms with E-state index in [9.17, 15) is 9.59 Å². The van der Waals surface area contributed by atoms with E-state index in [1.165, 1.54) is 0 Å². The predicted molar refractivity (Wildman–Crippen MR) is 99.3 cm³/mol. The number of ether oxygens (including phenoxy) is 2. The lowest BCUT2D eigenvalue weighted by Crippen LogP contribution is -2.34. The molecular weight excluding hydrogens is 316 g/mol. The summed E-state index contributed by atoms with van der Waals surface area (Å²) in [5, 5.41) is 0. The normalized spacial score (nSPS) is 13.6. The average molecular weight is 348 g/mol. The summed E-state index contributed by atoms with van der Waals surface area (Å²) in [4.78, 5) is 24.0. The van der Waals surface area contributed by atoms with Crippen molar-refractivity contribution in [3.63, 3.8) is 0 Å². The van der Waals surface area contributed by atoms with Gasteiger partial charge in [0.25, 0.3) is 0 Å². The predicted octanol–water partition coefficient (Wildman–Crippen LogP) is 4.87. The molecule has 0 aliphatic heterocycles. The molecule has 4 nitrogen and oxygen atoms in total. The molecule has 1 aromatic rings. The molecule has 2 unspecified atom stereocenters. The topological polar surface area (TPSA) is 52.6 Å². The number of benzene rings is 1. The van der Waals surface area contributed by atoms with Crippen molar-refractivity contribution in [1.29, 1.82) is 0 Å². The number of carbonyl (C=O) groups excluding carboxylic acids is 2. The molecular formula is C21H32O4. The third-order valence-corrected chi connectivity index (χ3v) is 4.36. The van der Waals surface area contributed by atoms with Gasteiger partial charge in [-0.2, -0.15) is 0 Å². The molecule has 1 aromatic carbocycles. The Hall–Kier alpha value is -1.84. The van der Waals surface area contributed by atoms with E-state index in [-0.39, 0.29) is 36.5 Å². The van der Waals surface area contributed by atoms with Crippen LogP contribution >= 0.6 is 0 Å². The van der Waals surface area contributed by atoms with Crippen LogP contribution in [0.15, 0.2) is 30.3 Å². The Morgan fingerprint density at radius 3 is 2.16 bits per heavy atom. The summed E-state index contributed by atoms with van der Waals surface area (Å²) in [6, 6.07) is 9.02. The summed E-state index contributed by atoms with van der Waals surface area (Å²) in [5.74, 6) is 0.209. The van der Waals surface area contributed by atoms with Crippen LogP contribution in [0.25, 0.3) is 0 Å². The molecule has 140 valence electrons. The van der Waals surface area contributed by atoms with Gasteiger partial charge < -0.3 is 9.47 Å². The fraction of sp³-hybridized carbons (Fsp3) is 0.619. The van der Waals surface area contributed by atoms with Gasteiger partial charge in [0.2, 0.25) is 0 Å². The van der Waals surface area contributed by atoms with Gasteiger partial charge in [0, 0.05) is 12.3 Å². The third-order valence-electron chi connectivity index (χ3n) is 4.36. The van der Waals surface area contributed by atoms with Gasteiger partial charge in [-0.1, -0.05) is 52.8 Å². The lowest BCUT2D eigenvalue weighted by molar-refractivity contribution is -0.146. The smallest absolute Gasteiger partial charge is 0.338 e. The van der Waals surface area contributed by atoms with E-state index in [2.05, 4.69) is 27.7 Å². The van der Waals surface area contributed by atoms with Gasteiger partial charge in [0.15, 0.2) is 0 Å². The Morgan fingerprint density at radius 1 is 1.00 bits per heavy atom. The Balaban J connectivity index is 2.87. The summed E-state index contributed by atoms with van der Waals surface area (Å²) in [5.41, 5.74) is 0.546. The van der Waals surface area contributed by atoms with Crippen LogP contribution < -0.4 is 0 Å². The van der Waals surface area contributed by atoms with Gasteiger partial charge in [-0.25, -0.2) is 4.79 Å². The SMILES string of the molecule is CCC(=O)OCC(C(C)C)C(CCC(C)C)OC(=O)c1ccccc1. The number of carbonyl (C=O) groups is 2. The summed E-state index contributed by atoms with van der Waals surface area (Å²) < 4.78 is 11.2. The van der Waals surface area contributed by atoms with E-state index in [0.29, 0.717) is 17.9 Å². The van der Waals surface area contributed by atoms with Crippen molar-refractivity contribution >= 4 is 11.9 Å². The van der Waals surface area contributed by atoms with Crippen LogP contribution in [0.3, 0.4) is 0 Å². The van der Waals surface area contributed by atoms with Gasteiger partial charge >= 0.3 is 11.9 Å². The maximum absolute atomic E-state index is 12.5. The first-order valence-corrected chi connectivity index (χ1v) is 9.26. The Morgan fingerprint density at radius 2 is 1.64 bits per heavy atom. The van der Waals surface area contributed by atoms with E-state index in [0.717, 1.165) is 12.8 Å². The van der Waals surface area contributed by atoms with Crippen molar-refractivity contribution < 1.29 is 19.1 Å². The Kier molecular flexibility index (Phi) is 9.25. The van der Waals surface area contributed by atoms with Crippen molar-refractivity contribution in [2.45, 2.75) is 60.0 Å². The molecule has 0 heterocycles. The van der Waals surface area contributed by atoms with E-state index in [1.54, 1.807) is 19.1 Å². The zero-order chi connectivity index (χ0) is 18.8. The van der Waals surface area contributed by atoms with Crippen molar-refractivity contribution in [3.8, 4) is 0 Å². The van der Waals surface area contributed by atoms with Crippen LogP contribution in [-0.4, -0.2) is 24.6 Å². The highest BCUT2D eigenvalue weighted by Gasteiger charge is 2.29. The Bertz CT molecular complexity index is 522. The molecule has 0 radical (unpaired) electrons. The fourth-order valence-corrected chi connectivity index (χ4v) is 2.66. The minimum absolute atomic E-state index is 0.0121. The van der Waals surface area contributed by atoms with E-state index < -0.39 is 0 Å². The van der Waals surface area contributed by atoms with Crippen LogP contribution in [0, 0.1) is 17.8 Å². The molecule has 0 bridgehead atoms. The highest BCUT2D eigenvalue weighted by molar-refractivity contribution is 5.89. The average Bonchev–Trinajstić information content (AvgIpc) is 2.59. The molecule has 1 rings (SSSR count). The second kappa shape index (κ2) is 10.9. The third kappa shape index (κ3) is 7.72. The largest absolute Gasteiger partial charge is 0.465 e. The van der Waals surface area contributed by atoms with Gasteiger partial charge in [-0.3, -0.25) is 4.79 Å². The Labute approximate surface area is 151 Å². The molecule has 0 aliphatic carbocycles. The van der Waals surface area contributed by atoms with Crippen molar-refractivity contribution in [1.82, 2.24) is 0 Å². The van der Waals surface area contributed by atoms with Crippen molar-refractivity contribution in [2.24, 2.45) is 17.8 Å². The maximum atomic E-state index is 12.5. The van der Waals surface area contributed by atoms with E-state index in [4.69, 9.17) is 9.47 Å². The van der Waals surface area contributed by atoms with E-state index in [1.807, 2.05) is 18.2 Å². The van der Waals surface area contributed by atoms with Crippen LogP contribution in [0.2, 0.25) is 0 Å². The van der Waals surface area contributed by atoms with E-state index >= 15 is 0 Å². The van der Waals surface area contributed by atoms with Crippen LogP contribution in [0.4, 0.5) is 0 Å². The molecule has 4 heteroatoms. The molecule has 2 atom stereocenters. The fourth-order valence-electron chi connectivity index (χ4n) is 2.66. The quantitative estimate of drug-likeness (QED) is 0.566. The molecule has 0 saturated carbocycles. The first-order chi connectivity index (χ1) is 11.8. The minimum Gasteiger partial charge on any atom is -0.465 e. The maximum Gasteiger partial charge on any atom is 0.338 e. The summed E-state index contributed by atoms with van der Waals surface area (Å²) >= 11 is 0. The number of hydrogen-bond acceptors (Lipinski definition) is 4. The minimum atomic E-state index is -0.318. The second-order valence-electron chi connectivity index (χ2n) is 7.23. The molecule has 0 N–H and O–H groups in total. The lowest BCUT2D eigenvalue weighted by Gasteiger charge is -2.30. The van der Waals surface area contributed by atoms with Gasteiger partial charge in [-0.15, -0.1) is 0 Å². The summed E-state index contributed by atoms with van der Waals surface area (Å²) in [6.45, 7) is 10.5. The second-order valence-corrected chi connectivity index (χ2v) is 7.23. The zero-order valence-electron chi connectivity index (χ0n) is 16.2. The summed E-state index contributed by atoms with van der Waals surface area (Å²) in [6.07, 6.45) is 1.81. The first-order valence-electron chi connectivity index (χ1n) is 9.26.